The smallest absolute Gasteiger partial charge is 0.512 e. The van der Waals surface area contributed by atoms with Gasteiger partial charge in [0.1, 0.15) is 0 Å². The number of hydrogen-bond donors (Lipinski definition) is 1. The fourth-order valence-electron chi connectivity index (χ4n) is 0.294. The molecule has 8 heavy (non-hydrogen) atoms. The van der Waals surface area contributed by atoms with Crippen LogP contribution in [0.1, 0.15) is 13.8 Å². The monoisotopic (exact) mass is 238 g/mol. The minimum absolute atomic E-state index is 0. The number of aliphatic hydroxyl groups is 1. The molecule has 0 saturated heterocycles. The van der Waals surface area contributed by atoms with Crippen molar-refractivity contribution in [2.24, 2.45) is 0 Å². The fraction of sp³-hybridized carbons (Fsp3) is 0.400. The van der Waals surface area contributed by atoms with Gasteiger partial charge in [-0.05, 0) is 13.8 Å². The van der Waals surface area contributed by atoms with Crippen molar-refractivity contribution >= 4 is 54.7 Å². The molecular formula is C5H8BaO2+2. The molecule has 0 aliphatic heterocycles. The first kappa shape index (κ1) is 11.6. The molecule has 0 aromatic rings. The van der Waals surface area contributed by atoms with Crippen LogP contribution in [0.15, 0.2) is 11.8 Å². The molecule has 0 bridgehead atoms. The average molecular weight is 237 g/mol. The Bertz CT molecular complexity index is 103. The van der Waals surface area contributed by atoms with E-state index in [1.165, 1.54) is 19.9 Å². The maximum absolute atomic E-state index is 10.0. The molecule has 0 saturated carbocycles. The minimum Gasteiger partial charge on any atom is -0.512 e. The third-order valence-corrected chi connectivity index (χ3v) is 0.412. The number of allylic oxidation sites excluding steroid dienone is 2. The molecule has 0 atom stereocenters. The van der Waals surface area contributed by atoms with Crippen molar-refractivity contribution in [2.75, 3.05) is 0 Å². The van der Waals surface area contributed by atoms with Gasteiger partial charge in [0.15, 0.2) is 5.78 Å². The Balaban J connectivity index is 0. The van der Waals surface area contributed by atoms with Crippen molar-refractivity contribution in [3.8, 4) is 0 Å². The molecule has 0 radical (unpaired) electrons. The van der Waals surface area contributed by atoms with Gasteiger partial charge in [-0.2, -0.15) is 0 Å². The van der Waals surface area contributed by atoms with Gasteiger partial charge in [0.2, 0.25) is 0 Å². The Morgan fingerprint density at radius 3 is 1.88 bits per heavy atom. The first-order valence-electron chi connectivity index (χ1n) is 2.01. The summed E-state index contributed by atoms with van der Waals surface area (Å²) in [5, 5.41) is 8.36. The number of hydrogen-bond acceptors (Lipinski definition) is 2. The number of carbonyl (C=O) groups excluding carboxylic acids is 1. The van der Waals surface area contributed by atoms with Gasteiger partial charge in [0.25, 0.3) is 0 Å². The van der Waals surface area contributed by atoms with E-state index in [4.69, 9.17) is 5.11 Å². The van der Waals surface area contributed by atoms with Crippen molar-refractivity contribution in [1.82, 2.24) is 0 Å². The van der Waals surface area contributed by atoms with Crippen molar-refractivity contribution < 1.29 is 9.90 Å². The van der Waals surface area contributed by atoms with Crippen molar-refractivity contribution in [3.05, 3.63) is 11.8 Å². The van der Waals surface area contributed by atoms with Crippen LogP contribution in [0.2, 0.25) is 0 Å². The summed E-state index contributed by atoms with van der Waals surface area (Å²) in [6, 6.07) is 0. The Morgan fingerprint density at radius 2 is 1.88 bits per heavy atom. The van der Waals surface area contributed by atoms with E-state index in [0.29, 0.717) is 0 Å². The summed E-state index contributed by atoms with van der Waals surface area (Å²) in [5.41, 5.74) is 0. The Labute approximate surface area is 89.0 Å². The Kier molecular flexibility index (Phi) is 8.54. The SMILES string of the molecule is CC(=O)C=C(C)O.[Ba+2]. The van der Waals surface area contributed by atoms with Gasteiger partial charge in [0.05, 0.1) is 5.76 Å². The molecule has 2 nitrogen and oxygen atoms in total. The standard InChI is InChI=1S/C5H8O2.Ba/c1-4(6)3-5(2)7;/h3,6H,1-2H3;/q;+2. The molecular weight excluding hydrogens is 229 g/mol. The van der Waals surface area contributed by atoms with Crippen LogP contribution < -0.4 is 0 Å². The van der Waals surface area contributed by atoms with Crippen LogP contribution in [0.5, 0.6) is 0 Å². The van der Waals surface area contributed by atoms with Gasteiger partial charge in [-0.15, -0.1) is 0 Å². The third-order valence-electron chi connectivity index (χ3n) is 0.412. The Morgan fingerprint density at radius 1 is 1.50 bits per heavy atom. The van der Waals surface area contributed by atoms with Crippen LogP contribution in [0.3, 0.4) is 0 Å². The summed E-state index contributed by atoms with van der Waals surface area (Å²) < 4.78 is 0. The normalized spacial score (nSPS) is 10.0. The van der Waals surface area contributed by atoms with Gasteiger partial charge in [-0.3, -0.25) is 4.79 Å². The summed E-state index contributed by atoms with van der Waals surface area (Å²) >= 11 is 0. The van der Waals surface area contributed by atoms with Gasteiger partial charge in [-0.1, -0.05) is 0 Å². The molecule has 1 N–H and O–H groups in total. The molecule has 0 aromatic carbocycles. The molecule has 3 heteroatoms. The van der Waals surface area contributed by atoms with E-state index < -0.39 is 0 Å². The van der Waals surface area contributed by atoms with Crippen molar-refractivity contribution in [1.29, 1.82) is 0 Å². The number of ketones is 1. The number of aliphatic hydroxyl groups excluding tert-OH is 1. The summed E-state index contributed by atoms with van der Waals surface area (Å²) in [7, 11) is 0. The van der Waals surface area contributed by atoms with Crippen LogP contribution in [-0.2, 0) is 4.79 Å². The summed E-state index contributed by atoms with van der Waals surface area (Å²) in [4.78, 5) is 10.0. The second kappa shape index (κ2) is 5.91. The van der Waals surface area contributed by atoms with Crippen molar-refractivity contribution in [3.63, 3.8) is 0 Å². The van der Waals surface area contributed by atoms with E-state index in [0.717, 1.165) is 0 Å². The minimum atomic E-state index is -0.125. The molecule has 0 spiro atoms. The van der Waals surface area contributed by atoms with E-state index in [9.17, 15) is 4.79 Å². The first-order valence-corrected chi connectivity index (χ1v) is 2.01. The molecule has 0 aliphatic rings. The summed E-state index contributed by atoms with van der Waals surface area (Å²) in [6.45, 7) is 2.85. The second-order valence-corrected chi connectivity index (χ2v) is 1.40. The molecule has 0 rings (SSSR count). The first-order chi connectivity index (χ1) is 3.13. The molecule has 40 valence electrons. The zero-order valence-electron chi connectivity index (χ0n) is 5.14. The van der Waals surface area contributed by atoms with Crippen LogP contribution in [0.4, 0.5) is 0 Å². The van der Waals surface area contributed by atoms with Crippen LogP contribution in [0, 0.1) is 0 Å². The molecule has 0 aliphatic carbocycles. The maximum Gasteiger partial charge on any atom is 2.00 e. The third kappa shape index (κ3) is 9.91. The van der Waals surface area contributed by atoms with Crippen LogP contribution in [-0.4, -0.2) is 59.8 Å². The van der Waals surface area contributed by atoms with E-state index in [1.54, 1.807) is 0 Å². The number of carbonyl (C=O) groups is 1. The van der Waals surface area contributed by atoms with Crippen molar-refractivity contribution in [2.45, 2.75) is 13.8 Å². The van der Waals surface area contributed by atoms with Crippen LogP contribution in [0.25, 0.3) is 0 Å². The van der Waals surface area contributed by atoms with Crippen LogP contribution >= 0.6 is 0 Å². The molecule has 0 heterocycles. The number of rotatable bonds is 1. The predicted molar refractivity (Wildman–Crippen MR) is 32.8 cm³/mol. The zero-order chi connectivity index (χ0) is 5.86. The van der Waals surface area contributed by atoms with E-state index in [2.05, 4.69) is 0 Å². The maximum atomic E-state index is 10.0. The largest absolute Gasteiger partial charge is 2.00 e. The Hall–Kier alpha value is 0.781. The molecule has 0 aromatic heterocycles. The fourth-order valence-corrected chi connectivity index (χ4v) is 0.294. The van der Waals surface area contributed by atoms with E-state index in [-0.39, 0.29) is 60.4 Å². The van der Waals surface area contributed by atoms with E-state index in [1.807, 2.05) is 0 Å². The summed E-state index contributed by atoms with van der Waals surface area (Å²) in [6.07, 6.45) is 1.17. The molecule has 0 amide bonds. The second-order valence-electron chi connectivity index (χ2n) is 1.40. The van der Waals surface area contributed by atoms with Gasteiger partial charge < -0.3 is 5.11 Å². The topological polar surface area (TPSA) is 37.3 Å². The van der Waals surface area contributed by atoms with Gasteiger partial charge in [-0.25, -0.2) is 0 Å². The quantitative estimate of drug-likeness (QED) is 0.413. The zero-order valence-corrected chi connectivity index (χ0v) is 9.58. The van der Waals surface area contributed by atoms with Gasteiger partial charge in [0, 0.05) is 6.08 Å². The molecule has 0 fully saturated rings. The van der Waals surface area contributed by atoms with E-state index >= 15 is 0 Å². The predicted octanol–water partition coefficient (Wildman–Crippen LogP) is 0.656. The average Bonchev–Trinajstić information content (AvgIpc) is 1.27. The molecule has 0 unspecified atom stereocenters. The van der Waals surface area contributed by atoms with Gasteiger partial charge >= 0.3 is 48.9 Å². The summed E-state index contributed by atoms with van der Waals surface area (Å²) in [5.74, 6) is -0.0625.